The number of ether oxygens (including phenoxy) is 2. The van der Waals surface area contributed by atoms with Gasteiger partial charge in [-0.3, -0.25) is 0 Å². The van der Waals surface area contributed by atoms with E-state index < -0.39 is 0 Å². The summed E-state index contributed by atoms with van der Waals surface area (Å²) in [4.78, 5) is 0. The summed E-state index contributed by atoms with van der Waals surface area (Å²) in [6.45, 7) is 8.30. The van der Waals surface area contributed by atoms with Gasteiger partial charge in [0.25, 0.3) is 0 Å². The van der Waals surface area contributed by atoms with E-state index in [1.807, 2.05) is 0 Å². The minimum atomic E-state index is 0.422. The summed E-state index contributed by atoms with van der Waals surface area (Å²) < 4.78 is 10.9. The summed E-state index contributed by atoms with van der Waals surface area (Å²) in [5, 5.41) is 3.60. The maximum Gasteiger partial charge on any atom is 0.0613 e. The molecule has 1 N–H and O–H groups in total. The summed E-state index contributed by atoms with van der Waals surface area (Å²) in [5.41, 5.74) is 0. The fourth-order valence-corrected chi connectivity index (χ4v) is 2.14. The van der Waals surface area contributed by atoms with Crippen molar-refractivity contribution in [2.24, 2.45) is 5.92 Å². The van der Waals surface area contributed by atoms with Gasteiger partial charge in [0.05, 0.1) is 12.7 Å². The minimum Gasteiger partial charge on any atom is -0.383 e. The average Bonchev–Trinajstić information content (AvgIpc) is 2.18. The van der Waals surface area contributed by atoms with Crippen molar-refractivity contribution in [3.8, 4) is 0 Å². The first-order valence-electron chi connectivity index (χ1n) is 6.00. The maximum absolute atomic E-state index is 5.74. The Labute approximate surface area is 93.5 Å². The van der Waals surface area contributed by atoms with E-state index >= 15 is 0 Å². The Morgan fingerprint density at radius 2 is 2.13 bits per heavy atom. The molecule has 15 heavy (non-hydrogen) atoms. The van der Waals surface area contributed by atoms with Crippen molar-refractivity contribution in [1.82, 2.24) is 5.32 Å². The zero-order valence-corrected chi connectivity index (χ0v) is 10.5. The van der Waals surface area contributed by atoms with Crippen LogP contribution in [0.2, 0.25) is 0 Å². The molecule has 1 aliphatic heterocycles. The van der Waals surface area contributed by atoms with Gasteiger partial charge in [0.1, 0.15) is 0 Å². The zero-order valence-electron chi connectivity index (χ0n) is 10.5. The van der Waals surface area contributed by atoms with E-state index in [1.54, 1.807) is 7.11 Å². The van der Waals surface area contributed by atoms with Gasteiger partial charge >= 0.3 is 0 Å². The molecule has 1 heterocycles. The molecule has 90 valence electrons. The van der Waals surface area contributed by atoms with E-state index in [4.69, 9.17) is 9.47 Å². The molecule has 0 bridgehead atoms. The number of methoxy groups -OCH3 is 1. The SMILES string of the molecule is COCC(C)NC1CCOC(C(C)C)C1. The van der Waals surface area contributed by atoms with Crippen LogP contribution in [0.25, 0.3) is 0 Å². The third-order valence-corrected chi connectivity index (χ3v) is 3.00. The third-order valence-electron chi connectivity index (χ3n) is 3.00. The second-order valence-corrected chi connectivity index (χ2v) is 4.90. The predicted molar refractivity (Wildman–Crippen MR) is 62.1 cm³/mol. The van der Waals surface area contributed by atoms with Gasteiger partial charge in [0.15, 0.2) is 0 Å². The van der Waals surface area contributed by atoms with Crippen molar-refractivity contribution in [3.63, 3.8) is 0 Å². The Morgan fingerprint density at radius 1 is 1.40 bits per heavy atom. The number of nitrogens with one attached hydrogen (secondary N) is 1. The Bertz CT molecular complexity index is 173. The molecule has 0 aromatic carbocycles. The molecular formula is C12H25NO2. The van der Waals surface area contributed by atoms with Crippen LogP contribution in [-0.4, -0.2) is 38.5 Å². The molecule has 0 spiro atoms. The van der Waals surface area contributed by atoms with Crippen molar-refractivity contribution in [2.45, 2.75) is 51.8 Å². The number of hydrogen-bond acceptors (Lipinski definition) is 3. The molecule has 3 heteroatoms. The lowest BCUT2D eigenvalue weighted by molar-refractivity contribution is -0.0269. The minimum absolute atomic E-state index is 0.422. The van der Waals surface area contributed by atoms with Crippen molar-refractivity contribution < 1.29 is 9.47 Å². The molecule has 1 saturated heterocycles. The van der Waals surface area contributed by atoms with Crippen LogP contribution >= 0.6 is 0 Å². The normalized spacial score (nSPS) is 29.4. The highest BCUT2D eigenvalue weighted by Crippen LogP contribution is 2.20. The van der Waals surface area contributed by atoms with E-state index in [9.17, 15) is 0 Å². The van der Waals surface area contributed by atoms with Crippen LogP contribution in [0.3, 0.4) is 0 Å². The predicted octanol–water partition coefficient (Wildman–Crippen LogP) is 1.81. The summed E-state index contributed by atoms with van der Waals surface area (Å²) in [5.74, 6) is 0.618. The van der Waals surface area contributed by atoms with Gasteiger partial charge in [-0.15, -0.1) is 0 Å². The van der Waals surface area contributed by atoms with Gasteiger partial charge in [0, 0.05) is 25.8 Å². The second kappa shape index (κ2) is 6.46. The quantitative estimate of drug-likeness (QED) is 0.759. The largest absolute Gasteiger partial charge is 0.383 e. The van der Waals surface area contributed by atoms with Gasteiger partial charge in [-0.2, -0.15) is 0 Å². The molecule has 3 nitrogen and oxygen atoms in total. The van der Waals surface area contributed by atoms with Crippen LogP contribution in [0.5, 0.6) is 0 Å². The van der Waals surface area contributed by atoms with Crippen LogP contribution in [-0.2, 0) is 9.47 Å². The second-order valence-electron chi connectivity index (χ2n) is 4.90. The smallest absolute Gasteiger partial charge is 0.0613 e. The molecule has 0 aromatic heterocycles. The van der Waals surface area contributed by atoms with Crippen molar-refractivity contribution in [1.29, 1.82) is 0 Å². The van der Waals surface area contributed by atoms with E-state index in [0.717, 1.165) is 26.1 Å². The highest BCUT2D eigenvalue weighted by atomic mass is 16.5. The third kappa shape index (κ3) is 4.49. The van der Waals surface area contributed by atoms with Gasteiger partial charge in [-0.05, 0) is 25.7 Å². The van der Waals surface area contributed by atoms with E-state index in [2.05, 4.69) is 26.1 Å². The highest BCUT2D eigenvalue weighted by molar-refractivity contribution is 4.80. The maximum atomic E-state index is 5.74. The van der Waals surface area contributed by atoms with Crippen LogP contribution in [0.1, 0.15) is 33.6 Å². The lowest BCUT2D eigenvalue weighted by Crippen LogP contribution is -2.45. The number of hydrogen-bond donors (Lipinski definition) is 1. The lowest BCUT2D eigenvalue weighted by Gasteiger charge is -2.34. The first-order chi connectivity index (χ1) is 7.13. The highest BCUT2D eigenvalue weighted by Gasteiger charge is 2.25. The summed E-state index contributed by atoms with van der Waals surface area (Å²) >= 11 is 0. The molecular weight excluding hydrogens is 190 g/mol. The van der Waals surface area contributed by atoms with E-state index in [0.29, 0.717) is 24.1 Å². The summed E-state index contributed by atoms with van der Waals surface area (Å²) in [6.07, 6.45) is 2.68. The monoisotopic (exact) mass is 215 g/mol. The standard InChI is InChI=1S/C12H25NO2/c1-9(2)12-7-11(5-6-15-12)13-10(3)8-14-4/h9-13H,5-8H2,1-4H3. The molecule has 0 saturated carbocycles. The fourth-order valence-electron chi connectivity index (χ4n) is 2.14. The van der Waals surface area contributed by atoms with Crippen LogP contribution < -0.4 is 5.32 Å². The first kappa shape index (κ1) is 12.9. The van der Waals surface area contributed by atoms with E-state index in [-0.39, 0.29) is 0 Å². The molecule has 1 fully saturated rings. The molecule has 0 radical (unpaired) electrons. The Morgan fingerprint density at radius 3 is 2.73 bits per heavy atom. The molecule has 1 rings (SSSR count). The topological polar surface area (TPSA) is 30.5 Å². The average molecular weight is 215 g/mol. The van der Waals surface area contributed by atoms with Gasteiger partial charge in [0.2, 0.25) is 0 Å². The lowest BCUT2D eigenvalue weighted by atomic mass is 9.95. The summed E-state index contributed by atoms with van der Waals surface area (Å²) in [6, 6.07) is 1.03. The Balaban J connectivity index is 2.29. The molecule has 1 aliphatic rings. The van der Waals surface area contributed by atoms with Crippen molar-refractivity contribution >= 4 is 0 Å². The Kier molecular flexibility index (Phi) is 5.58. The van der Waals surface area contributed by atoms with Crippen LogP contribution in [0, 0.1) is 5.92 Å². The van der Waals surface area contributed by atoms with E-state index in [1.165, 1.54) is 0 Å². The molecule has 3 unspecified atom stereocenters. The Hall–Kier alpha value is -0.120. The van der Waals surface area contributed by atoms with Gasteiger partial charge in [-0.1, -0.05) is 13.8 Å². The molecule has 3 atom stereocenters. The first-order valence-corrected chi connectivity index (χ1v) is 6.00. The molecule has 0 amide bonds. The zero-order chi connectivity index (χ0) is 11.3. The molecule has 0 aliphatic carbocycles. The van der Waals surface area contributed by atoms with Crippen molar-refractivity contribution in [3.05, 3.63) is 0 Å². The molecule has 0 aromatic rings. The number of rotatable bonds is 5. The van der Waals surface area contributed by atoms with Crippen LogP contribution in [0.15, 0.2) is 0 Å². The van der Waals surface area contributed by atoms with Crippen LogP contribution in [0.4, 0.5) is 0 Å². The fraction of sp³-hybridized carbons (Fsp3) is 1.00. The van der Waals surface area contributed by atoms with Gasteiger partial charge in [-0.25, -0.2) is 0 Å². The van der Waals surface area contributed by atoms with Crippen molar-refractivity contribution in [2.75, 3.05) is 20.3 Å². The van der Waals surface area contributed by atoms with Gasteiger partial charge < -0.3 is 14.8 Å². The summed E-state index contributed by atoms with van der Waals surface area (Å²) in [7, 11) is 1.75.